The summed E-state index contributed by atoms with van der Waals surface area (Å²) >= 11 is 0. The van der Waals surface area contributed by atoms with Gasteiger partial charge in [0.15, 0.2) is 0 Å². The highest BCUT2D eigenvalue weighted by Gasteiger charge is 2.06. The highest BCUT2D eigenvalue weighted by molar-refractivity contribution is 7.84. The van der Waals surface area contributed by atoms with Crippen LogP contribution >= 0.6 is 0 Å². The van der Waals surface area contributed by atoms with Gasteiger partial charge in [-0.3, -0.25) is 14.0 Å². The van der Waals surface area contributed by atoms with E-state index in [0.29, 0.717) is 5.75 Å². The number of carbonyl (C=O) groups excluding carboxylic acids is 1. The quantitative estimate of drug-likeness (QED) is 0.785. The minimum atomic E-state index is -0.782. The van der Waals surface area contributed by atoms with Crippen molar-refractivity contribution < 1.29 is 9.00 Å². The van der Waals surface area contributed by atoms with Crippen molar-refractivity contribution in [1.29, 1.82) is 0 Å². The largest absolute Gasteiger partial charge is 0.382 e. The molecule has 6 heteroatoms. The number of amides is 1. The first-order chi connectivity index (χ1) is 7.99. The molecule has 0 aliphatic heterocycles. The minimum Gasteiger partial charge on any atom is -0.382 e. The summed E-state index contributed by atoms with van der Waals surface area (Å²) in [6, 6.07) is 3.56. The van der Waals surface area contributed by atoms with Crippen molar-refractivity contribution in [1.82, 2.24) is 4.98 Å². The summed E-state index contributed by atoms with van der Waals surface area (Å²) in [6.45, 7) is 2.00. The van der Waals surface area contributed by atoms with Crippen molar-refractivity contribution in [3.63, 3.8) is 0 Å². The topological polar surface area (TPSA) is 85.1 Å². The fraction of sp³-hybridized carbons (Fsp3) is 0.455. The monoisotopic (exact) mass is 255 g/mol. The molecule has 0 aliphatic rings. The normalized spacial score (nSPS) is 14.0. The third kappa shape index (κ3) is 4.95. The predicted octanol–water partition coefficient (Wildman–Crippen LogP) is 0.750. The maximum Gasteiger partial charge on any atom is 0.267 e. The van der Waals surface area contributed by atoms with Crippen LogP contribution in [0.3, 0.4) is 0 Å². The first-order valence-corrected chi connectivity index (χ1v) is 7.04. The Morgan fingerprint density at radius 2 is 2.35 bits per heavy atom. The molecule has 2 atom stereocenters. The Balaban J connectivity index is 2.58. The summed E-state index contributed by atoms with van der Waals surface area (Å²) in [4.78, 5) is 14.8. The standard InChI is InChI=1S/C11H17N3O2S/c1-8(4-6-17(2)16)14-9-3-5-13-10(7-9)11(12)15/h3,5,7-8H,4,6H2,1-2H3,(H2,12,15)(H,13,14). The fourth-order valence-corrected chi connectivity index (χ4v) is 2.04. The van der Waals surface area contributed by atoms with Crippen LogP contribution in [0.25, 0.3) is 0 Å². The Labute approximate surface area is 103 Å². The highest BCUT2D eigenvalue weighted by atomic mass is 32.2. The summed E-state index contributed by atoms with van der Waals surface area (Å²) in [5.74, 6) is 0.109. The van der Waals surface area contributed by atoms with E-state index in [1.165, 1.54) is 6.20 Å². The van der Waals surface area contributed by atoms with E-state index in [1.807, 2.05) is 6.92 Å². The highest BCUT2D eigenvalue weighted by Crippen LogP contribution is 2.10. The Morgan fingerprint density at radius 1 is 1.65 bits per heavy atom. The second-order valence-electron chi connectivity index (χ2n) is 3.91. The number of nitrogens with one attached hydrogen (secondary N) is 1. The van der Waals surface area contributed by atoms with Crippen LogP contribution in [0.1, 0.15) is 23.8 Å². The number of aromatic nitrogens is 1. The summed E-state index contributed by atoms with van der Waals surface area (Å²) in [5.41, 5.74) is 6.17. The van der Waals surface area contributed by atoms with Gasteiger partial charge in [-0.1, -0.05) is 0 Å². The second kappa shape index (κ2) is 6.34. The lowest BCUT2D eigenvalue weighted by atomic mass is 10.2. The van der Waals surface area contributed by atoms with Crippen LogP contribution in [-0.4, -0.2) is 33.2 Å². The zero-order valence-electron chi connectivity index (χ0n) is 9.97. The number of pyridine rings is 1. The van der Waals surface area contributed by atoms with E-state index in [4.69, 9.17) is 5.73 Å². The number of hydrogen-bond donors (Lipinski definition) is 2. The SMILES string of the molecule is CC(CCS(C)=O)Nc1ccnc(C(N)=O)c1. The van der Waals surface area contributed by atoms with Gasteiger partial charge in [-0.15, -0.1) is 0 Å². The summed E-state index contributed by atoms with van der Waals surface area (Å²) < 4.78 is 11.0. The number of nitrogens with zero attached hydrogens (tertiary/aromatic N) is 1. The molecule has 0 spiro atoms. The molecule has 5 nitrogen and oxygen atoms in total. The Kier molecular flexibility index (Phi) is 5.09. The number of primary amides is 1. The van der Waals surface area contributed by atoms with E-state index in [2.05, 4.69) is 10.3 Å². The van der Waals surface area contributed by atoms with Gasteiger partial charge in [-0.05, 0) is 25.5 Å². The average molecular weight is 255 g/mol. The first kappa shape index (κ1) is 13.6. The molecular weight excluding hydrogens is 238 g/mol. The van der Waals surface area contributed by atoms with Crippen LogP contribution in [0.15, 0.2) is 18.3 Å². The van der Waals surface area contributed by atoms with E-state index in [0.717, 1.165) is 12.1 Å². The van der Waals surface area contributed by atoms with Crippen molar-refractivity contribution in [2.24, 2.45) is 5.73 Å². The van der Waals surface area contributed by atoms with Crippen molar-refractivity contribution in [3.05, 3.63) is 24.0 Å². The van der Waals surface area contributed by atoms with Crippen LogP contribution < -0.4 is 11.1 Å². The van der Waals surface area contributed by atoms with Crippen molar-refractivity contribution in [3.8, 4) is 0 Å². The number of rotatable bonds is 6. The van der Waals surface area contributed by atoms with E-state index in [9.17, 15) is 9.00 Å². The molecule has 1 heterocycles. The van der Waals surface area contributed by atoms with Gasteiger partial charge in [0.25, 0.3) is 5.91 Å². The lowest BCUT2D eigenvalue weighted by Crippen LogP contribution is -2.19. The Morgan fingerprint density at radius 3 is 2.94 bits per heavy atom. The van der Waals surface area contributed by atoms with Crippen molar-refractivity contribution >= 4 is 22.4 Å². The number of nitrogens with two attached hydrogens (primary N) is 1. The van der Waals surface area contributed by atoms with Crippen molar-refractivity contribution in [2.75, 3.05) is 17.3 Å². The second-order valence-corrected chi connectivity index (χ2v) is 5.46. The molecule has 0 bridgehead atoms. The third-order valence-electron chi connectivity index (χ3n) is 2.26. The molecule has 0 aromatic carbocycles. The number of carbonyl (C=O) groups is 1. The smallest absolute Gasteiger partial charge is 0.267 e. The van der Waals surface area contributed by atoms with Gasteiger partial charge in [0, 0.05) is 40.7 Å². The van der Waals surface area contributed by atoms with Crippen LogP contribution in [0.2, 0.25) is 0 Å². The predicted molar refractivity (Wildman–Crippen MR) is 69.4 cm³/mol. The molecule has 0 fully saturated rings. The van der Waals surface area contributed by atoms with Gasteiger partial charge in [-0.2, -0.15) is 0 Å². The van der Waals surface area contributed by atoms with Gasteiger partial charge in [-0.25, -0.2) is 0 Å². The first-order valence-electron chi connectivity index (χ1n) is 5.31. The van der Waals surface area contributed by atoms with E-state index in [-0.39, 0.29) is 11.7 Å². The zero-order chi connectivity index (χ0) is 12.8. The molecule has 1 aromatic heterocycles. The van der Waals surface area contributed by atoms with Gasteiger partial charge < -0.3 is 11.1 Å². The molecule has 3 N–H and O–H groups in total. The van der Waals surface area contributed by atoms with Crippen molar-refractivity contribution in [2.45, 2.75) is 19.4 Å². The maximum atomic E-state index is 11.0. The molecule has 1 rings (SSSR count). The maximum absolute atomic E-state index is 11.0. The van der Waals surface area contributed by atoms with E-state index < -0.39 is 16.7 Å². The molecular formula is C11H17N3O2S. The molecule has 17 heavy (non-hydrogen) atoms. The fourth-order valence-electron chi connectivity index (χ4n) is 1.35. The molecule has 1 aromatic rings. The van der Waals surface area contributed by atoms with Gasteiger partial charge in [0.2, 0.25) is 0 Å². The molecule has 0 radical (unpaired) electrons. The van der Waals surface area contributed by atoms with Crippen LogP contribution in [-0.2, 0) is 10.8 Å². The summed E-state index contributed by atoms with van der Waals surface area (Å²) in [6.07, 6.45) is 4.02. The number of hydrogen-bond acceptors (Lipinski definition) is 4. The Bertz CT molecular complexity index is 423. The lowest BCUT2D eigenvalue weighted by Gasteiger charge is -2.14. The Hall–Kier alpha value is -1.43. The summed E-state index contributed by atoms with van der Waals surface area (Å²) in [5, 5.41) is 3.21. The van der Waals surface area contributed by atoms with Gasteiger partial charge >= 0.3 is 0 Å². The molecule has 94 valence electrons. The zero-order valence-corrected chi connectivity index (χ0v) is 10.8. The molecule has 0 saturated heterocycles. The van der Waals surface area contributed by atoms with E-state index >= 15 is 0 Å². The van der Waals surface area contributed by atoms with Crippen LogP contribution in [0, 0.1) is 0 Å². The van der Waals surface area contributed by atoms with Crippen LogP contribution in [0.4, 0.5) is 5.69 Å². The number of anilines is 1. The molecule has 0 saturated carbocycles. The molecule has 1 amide bonds. The van der Waals surface area contributed by atoms with Crippen LogP contribution in [0.5, 0.6) is 0 Å². The van der Waals surface area contributed by atoms with Gasteiger partial charge in [0.1, 0.15) is 5.69 Å². The molecule has 2 unspecified atom stereocenters. The average Bonchev–Trinajstić information content (AvgIpc) is 2.26. The summed E-state index contributed by atoms with van der Waals surface area (Å²) in [7, 11) is -0.782. The third-order valence-corrected chi connectivity index (χ3v) is 3.07. The minimum absolute atomic E-state index is 0.182. The van der Waals surface area contributed by atoms with E-state index in [1.54, 1.807) is 18.4 Å². The lowest BCUT2D eigenvalue weighted by molar-refractivity contribution is 0.0995. The molecule has 0 aliphatic carbocycles. The van der Waals surface area contributed by atoms with Gasteiger partial charge in [0.05, 0.1) is 0 Å².